The smallest absolute Gasteiger partial charge is 0.303 e. The standard InChI is InChI=1S/C11H17NO3/c1-4-5-9(3)12-10(13)6-8(2)7-11(14)15/h1,8-9H,5-7H2,2-3H3,(H,12,13)(H,14,15). The topological polar surface area (TPSA) is 66.4 Å². The van der Waals surface area contributed by atoms with Crippen LogP contribution in [0.1, 0.15) is 33.1 Å². The maximum absolute atomic E-state index is 11.3. The van der Waals surface area contributed by atoms with Crippen molar-refractivity contribution in [1.82, 2.24) is 5.32 Å². The maximum atomic E-state index is 11.3. The Morgan fingerprint density at radius 2 is 2.00 bits per heavy atom. The lowest BCUT2D eigenvalue weighted by atomic mass is 10.0. The fraction of sp³-hybridized carbons (Fsp3) is 0.636. The first-order valence-electron chi connectivity index (χ1n) is 4.90. The van der Waals surface area contributed by atoms with Gasteiger partial charge >= 0.3 is 5.97 Å². The molecule has 0 aromatic heterocycles. The quantitative estimate of drug-likeness (QED) is 0.644. The van der Waals surface area contributed by atoms with Crippen LogP contribution in [0.25, 0.3) is 0 Å². The van der Waals surface area contributed by atoms with Gasteiger partial charge in [-0.25, -0.2) is 0 Å². The molecule has 0 spiro atoms. The fourth-order valence-corrected chi connectivity index (χ4v) is 1.25. The van der Waals surface area contributed by atoms with Gasteiger partial charge in [-0.2, -0.15) is 0 Å². The lowest BCUT2D eigenvalue weighted by Gasteiger charge is -2.13. The molecule has 0 rings (SSSR count). The third-order valence-electron chi connectivity index (χ3n) is 1.89. The van der Waals surface area contributed by atoms with Gasteiger partial charge in [-0.05, 0) is 12.8 Å². The van der Waals surface area contributed by atoms with Crippen LogP contribution in [0.3, 0.4) is 0 Å². The highest BCUT2D eigenvalue weighted by atomic mass is 16.4. The van der Waals surface area contributed by atoms with E-state index in [1.807, 2.05) is 6.92 Å². The van der Waals surface area contributed by atoms with E-state index in [0.29, 0.717) is 6.42 Å². The van der Waals surface area contributed by atoms with Crippen molar-refractivity contribution in [1.29, 1.82) is 0 Å². The third kappa shape index (κ3) is 7.56. The van der Waals surface area contributed by atoms with E-state index in [1.54, 1.807) is 6.92 Å². The van der Waals surface area contributed by atoms with Crippen molar-refractivity contribution in [3.63, 3.8) is 0 Å². The predicted molar refractivity (Wildman–Crippen MR) is 57.1 cm³/mol. The summed E-state index contributed by atoms with van der Waals surface area (Å²) < 4.78 is 0. The molecule has 4 nitrogen and oxygen atoms in total. The van der Waals surface area contributed by atoms with Gasteiger partial charge in [0.05, 0.1) is 0 Å². The van der Waals surface area contributed by atoms with E-state index >= 15 is 0 Å². The minimum Gasteiger partial charge on any atom is -0.481 e. The zero-order valence-electron chi connectivity index (χ0n) is 9.12. The summed E-state index contributed by atoms with van der Waals surface area (Å²) in [5.41, 5.74) is 0. The molecule has 84 valence electrons. The lowest BCUT2D eigenvalue weighted by Crippen LogP contribution is -2.33. The molecule has 0 aliphatic rings. The summed E-state index contributed by atoms with van der Waals surface area (Å²) in [7, 11) is 0. The highest BCUT2D eigenvalue weighted by molar-refractivity contribution is 5.77. The minimum atomic E-state index is -0.882. The van der Waals surface area contributed by atoms with Crippen LogP contribution in [-0.4, -0.2) is 23.0 Å². The first-order valence-corrected chi connectivity index (χ1v) is 4.90. The second kappa shape index (κ2) is 6.88. The van der Waals surface area contributed by atoms with Gasteiger partial charge in [0, 0.05) is 25.3 Å². The van der Waals surface area contributed by atoms with Gasteiger partial charge in [-0.15, -0.1) is 12.3 Å². The first-order chi connectivity index (χ1) is 6.95. The number of carboxylic acids is 1. The van der Waals surface area contributed by atoms with Crippen LogP contribution in [0.2, 0.25) is 0 Å². The molecule has 0 fully saturated rings. The van der Waals surface area contributed by atoms with E-state index in [-0.39, 0.29) is 30.7 Å². The molecule has 0 saturated heterocycles. The monoisotopic (exact) mass is 211 g/mol. The fourth-order valence-electron chi connectivity index (χ4n) is 1.25. The molecule has 0 aromatic rings. The molecule has 15 heavy (non-hydrogen) atoms. The Balaban J connectivity index is 3.83. The van der Waals surface area contributed by atoms with Crippen molar-refractivity contribution < 1.29 is 14.7 Å². The molecule has 2 N–H and O–H groups in total. The van der Waals surface area contributed by atoms with Crippen molar-refractivity contribution in [3.05, 3.63) is 0 Å². The van der Waals surface area contributed by atoms with Crippen LogP contribution in [0, 0.1) is 18.3 Å². The highest BCUT2D eigenvalue weighted by Gasteiger charge is 2.13. The zero-order valence-corrected chi connectivity index (χ0v) is 9.12. The largest absolute Gasteiger partial charge is 0.481 e. The van der Waals surface area contributed by atoms with Crippen LogP contribution >= 0.6 is 0 Å². The number of carbonyl (C=O) groups is 2. The van der Waals surface area contributed by atoms with Gasteiger partial charge in [0.1, 0.15) is 0 Å². The summed E-state index contributed by atoms with van der Waals surface area (Å²) in [6, 6.07) is -0.0560. The van der Waals surface area contributed by atoms with E-state index in [4.69, 9.17) is 11.5 Å². The normalized spacial score (nSPS) is 13.7. The zero-order chi connectivity index (χ0) is 11.8. The lowest BCUT2D eigenvalue weighted by molar-refractivity contribution is -0.138. The number of terminal acetylenes is 1. The Labute approximate surface area is 90.1 Å². The van der Waals surface area contributed by atoms with Crippen molar-refractivity contribution in [2.75, 3.05) is 0 Å². The third-order valence-corrected chi connectivity index (χ3v) is 1.89. The number of rotatable bonds is 6. The van der Waals surface area contributed by atoms with Gasteiger partial charge in [-0.1, -0.05) is 6.92 Å². The summed E-state index contributed by atoms with van der Waals surface area (Å²) in [6.07, 6.45) is 5.81. The molecular formula is C11H17NO3. The molecule has 2 unspecified atom stereocenters. The van der Waals surface area contributed by atoms with Crippen LogP contribution < -0.4 is 5.32 Å². The SMILES string of the molecule is C#CCC(C)NC(=O)CC(C)CC(=O)O. The second-order valence-corrected chi connectivity index (χ2v) is 3.78. The van der Waals surface area contributed by atoms with Gasteiger partial charge in [0.25, 0.3) is 0 Å². The van der Waals surface area contributed by atoms with Gasteiger partial charge in [-0.3, -0.25) is 9.59 Å². The van der Waals surface area contributed by atoms with Gasteiger partial charge < -0.3 is 10.4 Å². The molecule has 0 saturated carbocycles. The molecule has 0 aliphatic heterocycles. The molecule has 0 aliphatic carbocycles. The molecule has 4 heteroatoms. The summed E-state index contributed by atoms with van der Waals surface area (Å²) in [4.78, 5) is 21.7. The Hall–Kier alpha value is -1.50. The van der Waals surface area contributed by atoms with Crippen LogP contribution in [0.15, 0.2) is 0 Å². The van der Waals surface area contributed by atoms with E-state index in [0.717, 1.165) is 0 Å². The van der Waals surface area contributed by atoms with Gasteiger partial charge in [0.15, 0.2) is 0 Å². The summed E-state index contributed by atoms with van der Waals surface area (Å²) in [5.74, 6) is 1.27. The van der Waals surface area contributed by atoms with E-state index in [1.165, 1.54) is 0 Å². The molecule has 0 bridgehead atoms. The van der Waals surface area contributed by atoms with Crippen LogP contribution in [0.5, 0.6) is 0 Å². The number of nitrogens with one attached hydrogen (secondary N) is 1. The van der Waals surface area contributed by atoms with E-state index in [2.05, 4.69) is 11.2 Å². The number of hydrogen-bond acceptors (Lipinski definition) is 2. The molecule has 1 amide bonds. The van der Waals surface area contributed by atoms with E-state index < -0.39 is 5.97 Å². The maximum Gasteiger partial charge on any atom is 0.303 e. The number of carboxylic acid groups (broad SMARTS) is 1. The Kier molecular flexibility index (Phi) is 6.19. The molecule has 0 aromatic carbocycles. The van der Waals surface area contributed by atoms with Gasteiger partial charge in [0.2, 0.25) is 5.91 Å². The Bertz CT molecular complexity index is 267. The van der Waals surface area contributed by atoms with Crippen molar-refractivity contribution in [3.8, 4) is 12.3 Å². The molecule has 0 radical (unpaired) electrons. The second-order valence-electron chi connectivity index (χ2n) is 3.78. The number of carbonyl (C=O) groups excluding carboxylic acids is 1. The molecule has 2 atom stereocenters. The van der Waals surface area contributed by atoms with Crippen molar-refractivity contribution >= 4 is 11.9 Å². The summed E-state index contributed by atoms with van der Waals surface area (Å²) in [6.45, 7) is 3.55. The summed E-state index contributed by atoms with van der Waals surface area (Å²) in [5, 5.41) is 11.2. The Morgan fingerprint density at radius 1 is 1.40 bits per heavy atom. The predicted octanol–water partition coefficient (Wildman–Crippen LogP) is 1.02. The Morgan fingerprint density at radius 3 is 2.47 bits per heavy atom. The minimum absolute atomic E-state index is 0.0109. The van der Waals surface area contributed by atoms with Crippen molar-refractivity contribution in [2.24, 2.45) is 5.92 Å². The molecular weight excluding hydrogens is 194 g/mol. The average molecular weight is 211 g/mol. The first kappa shape index (κ1) is 13.5. The number of amides is 1. The highest BCUT2D eigenvalue weighted by Crippen LogP contribution is 2.07. The average Bonchev–Trinajstić information content (AvgIpc) is 2.00. The van der Waals surface area contributed by atoms with Crippen LogP contribution in [0.4, 0.5) is 0 Å². The summed E-state index contributed by atoms with van der Waals surface area (Å²) >= 11 is 0. The van der Waals surface area contributed by atoms with Crippen molar-refractivity contribution in [2.45, 2.75) is 39.2 Å². The van der Waals surface area contributed by atoms with E-state index in [9.17, 15) is 9.59 Å². The number of aliphatic carboxylic acids is 1. The molecule has 0 heterocycles. The van der Waals surface area contributed by atoms with Crippen LogP contribution in [-0.2, 0) is 9.59 Å². The number of hydrogen-bond donors (Lipinski definition) is 2.